The summed E-state index contributed by atoms with van der Waals surface area (Å²) in [5.41, 5.74) is 1.63. The Hall–Kier alpha value is -0.820. The Labute approximate surface area is 132 Å². The number of rotatable bonds is 11. The van der Waals surface area contributed by atoms with Crippen molar-refractivity contribution < 1.29 is 0 Å². The molecule has 120 valence electrons. The maximum Gasteiger partial charge on any atom is 0.0156 e. The fourth-order valence-electron chi connectivity index (χ4n) is 3.24. The highest BCUT2D eigenvalue weighted by atomic mass is 14.9. The zero-order valence-corrected chi connectivity index (χ0v) is 14.6. The second-order valence-electron chi connectivity index (χ2n) is 6.84. The summed E-state index contributed by atoms with van der Waals surface area (Å²) in [5, 5.41) is 3.55. The summed E-state index contributed by atoms with van der Waals surface area (Å²) in [6, 6.07) is 11.5. The number of likely N-dealkylation sites (N-methyl/N-ethyl adjacent to an activating group) is 1. The molecule has 1 rings (SSSR count). The van der Waals surface area contributed by atoms with Gasteiger partial charge in [0.1, 0.15) is 0 Å². The third-order valence-corrected chi connectivity index (χ3v) is 4.83. The van der Waals surface area contributed by atoms with Gasteiger partial charge in [-0.05, 0) is 19.0 Å². The molecular weight excluding hydrogens is 254 g/mol. The van der Waals surface area contributed by atoms with Crippen LogP contribution in [0.1, 0.15) is 77.7 Å². The van der Waals surface area contributed by atoms with Gasteiger partial charge < -0.3 is 5.32 Å². The fourth-order valence-corrected chi connectivity index (χ4v) is 3.24. The first-order valence-electron chi connectivity index (χ1n) is 8.85. The SMILES string of the molecule is CCCCCCCCCC(NC)C(C)(C)c1ccccc1. The summed E-state index contributed by atoms with van der Waals surface area (Å²) in [7, 11) is 2.11. The van der Waals surface area contributed by atoms with Gasteiger partial charge >= 0.3 is 0 Å². The van der Waals surface area contributed by atoms with Crippen molar-refractivity contribution >= 4 is 0 Å². The van der Waals surface area contributed by atoms with Crippen LogP contribution in [0.15, 0.2) is 30.3 Å². The van der Waals surface area contributed by atoms with E-state index in [1.165, 1.54) is 56.9 Å². The highest BCUT2D eigenvalue weighted by Gasteiger charge is 2.29. The Morgan fingerprint density at radius 1 is 0.905 bits per heavy atom. The molecule has 1 unspecified atom stereocenters. The van der Waals surface area contributed by atoms with Crippen molar-refractivity contribution in [3.05, 3.63) is 35.9 Å². The van der Waals surface area contributed by atoms with Crippen LogP contribution in [-0.4, -0.2) is 13.1 Å². The van der Waals surface area contributed by atoms with Crippen molar-refractivity contribution in [2.75, 3.05) is 7.05 Å². The van der Waals surface area contributed by atoms with E-state index >= 15 is 0 Å². The van der Waals surface area contributed by atoms with E-state index in [9.17, 15) is 0 Å². The highest BCUT2D eigenvalue weighted by molar-refractivity contribution is 5.25. The summed E-state index contributed by atoms with van der Waals surface area (Å²) in [6.07, 6.45) is 11.0. The molecule has 0 aliphatic carbocycles. The molecule has 1 aromatic carbocycles. The minimum Gasteiger partial charge on any atom is -0.316 e. The molecule has 0 saturated heterocycles. The van der Waals surface area contributed by atoms with Crippen LogP contribution in [0.4, 0.5) is 0 Å². The van der Waals surface area contributed by atoms with Gasteiger partial charge in [0.05, 0.1) is 0 Å². The van der Waals surface area contributed by atoms with Crippen LogP contribution in [0.3, 0.4) is 0 Å². The zero-order valence-electron chi connectivity index (χ0n) is 14.6. The largest absolute Gasteiger partial charge is 0.316 e. The molecule has 0 amide bonds. The standard InChI is InChI=1S/C20H35N/c1-5-6-7-8-9-10-14-17-19(21-4)20(2,3)18-15-12-11-13-16-18/h11-13,15-16,19,21H,5-10,14,17H2,1-4H3. The summed E-state index contributed by atoms with van der Waals surface area (Å²) in [5.74, 6) is 0. The smallest absolute Gasteiger partial charge is 0.0156 e. The number of hydrogen-bond donors (Lipinski definition) is 1. The molecule has 0 aromatic heterocycles. The first kappa shape index (κ1) is 18.2. The van der Waals surface area contributed by atoms with Gasteiger partial charge in [-0.2, -0.15) is 0 Å². The molecule has 0 aliphatic heterocycles. The van der Waals surface area contributed by atoms with Crippen molar-refractivity contribution in [2.24, 2.45) is 0 Å². The second-order valence-corrected chi connectivity index (χ2v) is 6.84. The Bertz CT molecular complexity index is 355. The Morgan fingerprint density at radius 2 is 1.48 bits per heavy atom. The Balaban J connectivity index is 2.37. The van der Waals surface area contributed by atoms with Gasteiger partial charge in [-0.25, -0.2) is 0 Å². The van der Waals surface area contributed by atoms with Crippen molar-refractivity contribution in [1.29, 1.82) is 0 Å². The molecule has 0 aliphatic rings. The topological polar surface area (TPSA) is 12.0 Å². The summed E-state index contributed by atoms with van der Waals surface area (Å²) in [4.78, 5) is 0. The maximum absolute atomic E-state index is 3.55. The van der Waals surface area contributed by atoms with Gasteiger partial charge in [-0.3, -0.25) is 0 Å². The van der Waals surface area contributed by atoms with Gasteiger partial charge in [-0.1, -0.05) is 96.0 Å². The minimum absolute atomic E-state index is 0.193. The molecule has 0 spiro atoms. The highest BCUT2D eigenvalue weighted by Crippen LogP contribution is 2.29. The lowest BCUT2D eigenvalue weighted by atomic mass is 9.76. The lowest BCUT2D eigenvalue weighted by Crippen LogP contribution is -2.43. The zero-order chi connectivity index (χ0) is 15.6. The second kappa shape index (κ2) is 10.00. The summed E-state index contributed by atoms with van der Waals surface area (Å²) >= 11 is 0. The molecule has 1 atom stereocenters. The predicted molar refractivity (Wildman–Crippen MR) is 94.9 cm³/mol. The summed E-state index contributed by atoms with van der Waals surface area (Å²) in [6.45, 7) is 7.01. The molecule has 1 N–H and O–H groups in total. The van der Waals surface area contributed by atoms with E-state index in [1.54, 1.807) is 0 Å². The van der Waals surface area contributed by atoms with E-state index in [1.807, 2.05) is 0 Å². The third-order valence-electron chi connectivity index (χ3n) is 4.83. The number of unbranched alkanes of at least 4 members (excludes halogenated alkanes) is 6. The molecule has 0 fully saturated rings. The van der Waals surface area contributed by atoms with Crippen molar-refractivity contribution in [1.82, 2.24) is 5.32 Å². The average molecular weight is 290 g/mol. The van der Waals surface area contributed by atoms with Crippen LogP contribution in [0.5, 0.6) is 0 Å². The van der Waals surface area contributed by atoms with E-state index in [0.29, 0.717) is 6.04 Å². The molecule has 0 bridgehead atoms. The molecule has 21 heavy (non-hydrogen) atoms. The number of nitrogens with one attached hydrogen (secondary N) is 1. The van der Waals surface area contributed by atoms with E-state index in [4.69, 9.17) is 0 Å². The lowest BCUT2D eigenvalue weighted by molar-refractivity contribution is 0.330. The molecule has 0 radical (unpaired) electrons. The average Bonchev–Trinajstić information content (AvgIpc) is 2.50. The first-order chi connectivity index (χ1) is 10.1. The Kier molecular flexibility index (Phi) is 8.68. The monoisotopic (exact) mass is 289 g/mol. The fraction of sp³-hybridized carbons (Fsp3) is 0.700. The van der Waals surface area contributed by atoms with Crippen LogP contribution in [0.25, 0.3) is 0 Å². The molecule has 1 nitrogen and oxygen atoms in total. The van der Waals surface area contributed by atoms with Crippen LogP contribution >= 0.6 is 0 Å². The van der Waals surface area contributed by atoms with Gasteiger partial charge in [0.15, 0.2) is 0 Å². The number of hydrogen-bond acceptors (Lipinski definition) is 1. The van der Waals surface area contributed by atoms with E-state index < -0.39 is 0 Å². The van der Waals surface area contributed by atoms with Crippen molar-refractivity contribution in [3.63, 3.8) is 0 Å². The Morgan fingerprint density at radius 3 is 2.05 bits per heavy atom. The molecule has 1 heteroatoms. The van der Waals surface area contributed by atoms with Gasteiger partial charge in [0, 0.05) is 11.5 Å². The van der Waals surface area contributed by atoms with Gasteiger partial charge in [0.2, 0.25) is 0 Å². The van der Waals surface area contributed by atoms with Crippen molar-refractivity contribution in [3.8, 4) is 0 Å². The minimum atomic E-state index is 0.193. The number of benzene rings is 1. The third kappa shape index (κ3) is 6.22. The normalized spacial score (nSPS) is 13.3. The van der Waals surface area contributed by atoms with Crippen LogP contribution in [0, 0.1) is 0 Å². The van der Waals surface area contributed by atoms with E-state index in [-0.39, 0.29) is 5.41 Å². The van der Waals surface area contributed by atoms with Crippen LogP contribution < -0.4 is 5.32 Å². The van der Waals surface area contributed by atoms with Gasteiger partial charge in [0.25, 0.3) is 0 Å². The maximum atomic E-state index is 3.55. The lowest BCUT2D eigenvalue weighted by Gasteiger charge is -2.35. The molecule has 0 heterocycles. The quantitative estimate of drug-likeness (QED) is 0.516. The summed E-state index contributed by atoms with van der Waals surface area (Å²) < 4.78 is 0. The van der Waals surface area contributed by atoms with Crippen LogP contribution in [-0.2, 0) is 5.41 Å². The molecular formula is C20H35N. The molecule has 0 saturated carbocycles. The predicted octanol–water partition coefficient (Wildman–Crippen LogP) is 5.69. The van der Waals surface area contributed by atoms with Crippen molar-refractivity contribution in [2.45, 2.75) is 83.6 Å². The van der Waals surface area contributed by atoms with E-state index in [2.05, 4.69) is 63.5 Å². The van der Waals surface area contributed by atoms with Gasteiger partial charge in [-0.15, -0.1) is 0 Å². The first-order valence-corrected chi connectivity index (χ1v) is 8.85. The van der Waals surface area contributed by atoms with E-state index in [0.717, 1.165) is 0 Å². The molecule has 1 aromatic rings. The van der Waals surface area contributed by atoms with Crippen LogP contribution in [0.2, 0.25) is 0 Å².